The molecule has 100 valence electrons. The maximum atomic E-state index is 5.81. The molecule has 4 atom stereocenters. The predicted molar refractivity (Wildman–Crippen MR) is 71.3 cm³/mol. The maximum absolute atomic E-state index is 5.81. The highest BCUT2D eigenvalue weighted by molar-refractivity contribution is 4.87. The number of rotatable bonds is 4. The molecule has 0 radical (unpaired) electrons. The molecule has 2 aliphatic heterocycles. The summed E-state index contributed by atoms with van der Waals surface area (Å²) in [5.74, 6) is 0.763. The molecule has 0 spiro atoms. The van der Waals surface area contributed by atoms with E-state index in [0.717, 1.165) is 25.1 Å². The second kappa shape index (κ2) is 6.17. The summed E-state index contributed by atoms with van der Waals surface area (Å²) in [5.41, 5.74) is 0. The molecule has 4 unspecified atom stereocenters. The molecule has 0 amide bonds. The van der Waals surface area contributed by atoms with Crippen LogP contribution in [0.25, 0.3) is 0 Å². The van der Waals surface area contributed by atoms with E-state index in [1.807, 2.05) is 0 Å². The van der Waals surface area contributed by atoms with Crippen LogP contribution in [0.5, 0.6) is 0 Å². The van der Waals surface area contributed by atoms with Crippen molar-refractivity contribution in [2.75, 3.05) is 26.2 Å². The summed E-state index contributed by atoms with van der Waals surface area (Å²) in [7, 11) is 0. The van der Waals surface area contributed by atoms with Crippen LogP contribution in [-0.4, -0.2) is 49.3 Å². The lowest BCUT2D eigenvalue weighted by Crippen LogP contribution is -2.56. The smallest absolute Gasteiger partial charge is 0.0613 e. The van der Waals surface area contributed by atoms with Gasteiger partial charge in [0, 0.05) is 38.3 Å². The third-order valence-electron chi connectivity index (χ3n) is 4.42. The molecule has 2 rings (SSSR count). The van der Waals surface area contributed by atoms with Crippen LogP contribution in [0.4, 0.5) is 0 Å². The summed E-state index contributed by atoms with van der Waals surface area (Å²) in [6.07, 6.45) is 4.19. The molecule has 2 heterocycles. The van der Waals surface area contributed by atoms with Crippen LogP contribution in [0.15, 0.2) is 0 Å². The molecule has 0 aromatic rings. The van der Waals surface area contributed by atoms with Gasteiger partial charge < -0.3 is 10.1 Å². The third-order valence-corrected chi connectivity index (χ3v) is 4.42. The van der Waals surface area contributed by atoms with Crippen molar-refractivity contribution < 1.29 is 4.74 Å². The van der Waals surface area contributed by atoms with Gasteiger partial charge in [-0.05, 0) is 32.1 Å². The summed E-state index contributed by atoms with van der Waals surface area (Å²) in [4.78, 5) is 2.70. The highest BCUT2D eigenvalue weighted by atomic mass is 16.5. The van der Waals surface area contributed by atoms with Crippen molar-refractivity contribution in [2.24, 2.45) is 5.92 Å². The largest absolute Gasteiger partial charge is 0.378 e. The van der Waals surface area contributed by atoms with E-state index in [2.05, 4.69) is 31.0 Å². The Morgan fingerprint density at radius 3 is 2.82 bits per heavy atom. The van der Waals surface area contributed by atoms with E-state index >= 15 is 0 Å². The quantitative estimate of drug-likeness (QED) is 0.812. The monoisotopic (exact) mass is 240 g/mol. The van der Waals surface area contributed by atoms with Crippen LogP contribution in [0.3, 0.4) is 0 Å². The summed E-state index contributed by atoms with van der Waals surface area (Å²) in [6.45, 7) is 11.4. The average molecular weight is 240 g/mol. The molecular weight excluding hydrogens is 212 g/mol. The van der Waals surface area contributed by atoms with Crippen molar-refractivity contribution in [3.8, 4) is 0 Å². The van der Waals surface area contributed by atoms with Gasteiger partial charge in [0.25, 0.3) is 0 Å². The van der Waals surface area contributed by atoms with Gasteiger partial charge in [0.1, 0.15) is 0 Å². The fraction of sp³-hybridized carbons (Fsp3) is 1.00. The molecule has 0 bridgehead atoms. The van der Waals surface area contributed by atoms with Gasteiger partial charge in [-0.3, -0.25) is 4.90 Å². The highest BCUT2D eigenvalue weighted by Gasteiger charge is 2.32. The molecule has 2 aliphatic rings. The zero-order chi connectivity index (χ0) is 12.3. The lowest BCUT2D eigenvalue weighted by molar-refractivity contribution is 0.0563. The van der Waals surface area contributed by atoms with Crippen LogP contribution >= 0.6 is 0 Å². The van der Waals surface area contributed by atoms with E-state index in [4.69, 9.17) is 4.74 Å². The zero-order valence-corrected chi connectivity index (χ0v) is 11.6. The van der Waals surface area contributed by atoms with Crippen molar-refractivity contribution in [3.63, 3.8) is 0 Å². The zero-order valence-electron chi connectivity index (χ0n) is 11.6. The summed E-state index contributed by atoms with van der Waals surface area (Å²) >= 11 is 0. The van der Waals surface area contributed by atoms with Gasteiger partial charge in [-0.2, -0.15) is 0 Å². The first-order chi connectivity index (χ1) is 8.24. The summed E-state index contributed by atoms with van der Waals surface area (Å²) < 4.78 is 5.81. The Morgan fingerprint density at radius 2 is 2.12 bits per heavy atom. The van der Waals surface area contributed by atoms with Gasteiger partial charge in [-0.15, -0.1) is 0 Å². The lowest BCUT2D eigenvalue weighted by atomic mass is 9.96. The van der Waals surface area contributed by atoms with E-state index < -0.39 is 0 Å². The van der Waals surface area contributed by atoms with Gasteiger partial charge in [-0.25, -0.2) is 0 Å². The Bertz CT molecular complexity index is 234. The average Bonchev–Trinajstić information content (AvgIpc) is 2.77. The molecule has 0 saturated carbocycles. The first-order valence-corrected chi connectivity index (χ1v) is 7.33. The fourth-order valence-corrected chi connectivity index (χ4v) is 3.31. The Kier molecular flexibility index (Phi) is 4.83. The molecule has 0 aromatic heterocycles. The minimum absolute atomic E-state index is 0.512. The molecule has 3 heteroatoms. The molecular formula is C14H28N2O. The second-order valence-electron chi connectivity index (χ2n) is 5.69. The maximum Gasteiger partial charge on any atom is 0.0613 e. The van der Waals surface area contributed by atoms with E-state index in [1.54, 1.807) is 0 Å². The van der Waals surface area contributed by atoms with E-state index in [1.165, 1.54) is 32.4 Å². The predicted octanol–water partition coefficient (Wildman–Crippen LogP) is 1.87. The van der Waals surface area contributed by atoms with Crippen LogP contribution in [-0.2, 0) is 4.74 Å². The van der Waals surface area contributed by atoms with Gasteiger partial charge >= 0.3 is 0 Å². The number of hydrogen-bond acceptors (Lipinski definition) is 3. The minimum atomic E-state index is 0.512. The molecule has 3 nitrogen and oxygen atoms in total. The van der Waals surface area contributed by atoms with Crippen LogP contribution in [0.2, 0.25) is 0 Å². The highest BCUT2D eigenvalue weighted by Crippen LogP contribution is 2.26. The first kappa shape index (κ1) is 13.3. The Labute approximate surface area is 106 Å². The van der Waals surface area contributed by atoms with Crippen molar-refractivity contribution in [1.82, 2.24) is 10.2 Å². The van der Waals surface area contributed by atoms with E-state index in [9.17, 15) is 0 Å². The van der Waals surface area contributed by atoms with Crippen LogP contribution in [0, 0.1) is 5.92 Å². The second-order valence-corrected chi connectivity index (χ2v) is 5.69. The fourth-order valence-electron chi connectivity index (χ4n) is 3.31. The van der Waals surface area contributed by atoms with Crippen molar-refractivity contribution in [3.05, 3.63) is 0 Å². The number of ether oxygens (including phenoxy) is 1. The molecule has 1 N–H and O–H groups in total. The molecule has 0 aromatic carbocycles. The Morgan fingerprint density at radius 1 is 1.29 bits per heavy atom. The van der Waals surface area contributed by atoms with Gasteiger partial charge in [0.2, 0.25) is 0 Å². The van der Waals surface area contributed by atoms with E-state index in [0.29, 0.717) is 12.1 Å². The standard InChI is InChI=1S/C14H28N2O/c1-4-13-8-15-11(3)9-16(13)10-12-6-7-17-14(12)5-2/h11-15H,4-10H2,1-3H3. The van der Waals surface area contributed by atoms with E-state index in [-0.39, 0.29) is 0 Å². The Balaban J connectivity index is 1.90. The van der Waals surface area contributed by atoms with Crippen molar-refractivity contribution in [2.45, 2.75) is 58.2 Å². The van der Waals surface area contributed by atoms with Gasteiger partial charge in [0.05, 0.1) is 6.10 Å². The third kappa shape index (κ3) is 3.21. The minimum Gasteiger partial charge on any atom is -0.378 e. The molecule has 17 heavy (non-hydrogen) atoms. The molecule has 0 aliphatic carbocycles. The summed E-state index contributed by atoms with van der Waals surface area (Å²) in [5, 5.41) is 3.59. The van der Waals surface area contributed by atoms with Gasteiger partial charge in [0.15, 0.2) is 0 Å². The molecule has 2 saturated heterocycles. The number of nitrogens with one attached hydrogen (secondary N) is 1. The van der Waals surface area contributed by atoms with Crippen molar-refractivity contribution in [1.29, 1.82) is 0 Å². The number of piperazine rings is 1. The summed E-state index contributed by atoms with van der Waals surface area (Å²) in [6, 6.07) is 1.37. The SMILES string of the molecule is CCC1OCCC1CN1CC(C)NCC1CC. The van der Waals surface area contributed by atoms with Crippen LogP contribution in [0.1, 0.15) is 40.0 Å². The van der Waals surface area contributed by atoms with Gasteiger partial charge in [-0.1, -0.05) is 13.8 Å². The lowest BCUT2D eigenvalue weighted by Gasteiger charge is -2.40. The Hall–Kier alpha value is -0.120. The normalized spacial score (nSPS) is 39.7. The van der Waals surface area contributed by atoms with Crippen LogP contribution < -0.4 is 5.32 Å². The number of nitrogens with zero attached hydrogens (tertiary/aromatic N) is 1. The number of hydrogen-bond donors (Lipinski definition) is 1. The van der Waals surface area contributed by atoms with Crippen molar-refractivity contribution >= 4 is 0 Å². The molecule has 2 fully saturated rings. The first-order valence-electron chi connectivity index (χ1n) is 7.33. The topological polar surface area (TPSA) is 24.5 Å².